The molecule has 0 radical (unpaired) electrons. The molecule has 206 valence electrons. The summed E-state index contributed by atoms with van der Waals surface area (Å²) < 4.78 is 31.1. The third kappa shape index (κ3) is 7.18. The third-order valence-corrected chi connectivity index (χ3v) is 7.25. The number of hydrogen-bond donors (Lipinski definition) is 0. The summed E-state index contributed by atoms with van der Waals surface area (Å²) in [6, 6.07) is 0.268. The van der Waals surface area contributed by atoms with Crippen LogP contribution in [-0.4, -0.2) is 73.8 Å². The average molecular weight is 510 g/mol. The lowest BCUT2D eigenvalue weighted by Gasteiger charge is -2.48. The van der Waals surface area contributed by atoms with Crippen LogP contribution in [0.15, 0.2) is 24.0 Å². The molecule has 2 heterocycles. The first-order valence-corrected chi connectivity index (χ1v) is 13.0. The Morgan fingerprint density at radius 2 is 1.89 bits per heavy atom. The lowest BCUT2D eigenvalue weighted by atomic mass is 9.80. The van der Waals surface area contributed by atoms with Gasteiger partial charge in [0.15, 0.2) is 6.29 Å². The van der Waals surface area contributed by atoms with Gasteiger partial charge in [-0.2, -0.15) is 0 Å². The summed E-state index contributed by atoms with van der Waals surface area (Å²) in [5.41, 5.74) is -0.518. The van der Waals surface area contributed by atoms with Gasteiger partial charge in [0.25, 0.3) is 0 Å². The topological polar surface area (TPSA) is 83.5 Å². The normalized spacial score (nSPS) is 30.6. The zero-order valence-corrected chi connectivity index (χ0v) is 23.8. The van der Waals surface area contributed by atoms with Gasteiger partial charge in [0.05, 0.1) is 30.0 Å². The van der Waals surface area contributed by atoms with E-state index in [-0.39, 0.29) is 30.6 Å². The van der Waals surface area contributed by atoms with Crippen molar-refractivity contribution < 1.29 is 33.3 Å². The molecule has 0 aromatic heterocycles. The number of ether oxygens (including phenoxy) is 5. The summed E-state index contributed by atoms with van der Waals surface area (Å²) in [4.78, 5) is 26.6. The molecule has 8 atom stereocenters. The van der Waals surface area contributed by atoms with Gasteiger partial charge in [-0.1, -0.05) is 26.8 Å². The minimum Gasteiger partial charge on any atom is -0.456 e. The van der Waals surface area contributed by atoms with Gasteiger partial charge in [0.2, 0.25) is 5.79 Å². The Hall–Kier alpha value is -1.74. The van der Waals surface area contributed by atoms with E-state index < -0.39 is 35.7 Å². The second-order valence-electron chi connectivity index (χ2n) is 11.4. The van der Waals surface area contributed by atoms with Crippen LogP contribution in [0.4, 0.5) is 0 Å². The van der Waals surface area contributed by atoms with Gasteiger partial charge in [0, 0.05) is 37.6 Å². The van der Waals surface area contributed by atoms with E-state index in [0.29, 0.717) is 17.8 Å². The van der Waals surface area contributed by atoms with Crippen molar-refractivity contribution in [1.82, 2.24) is 4.90 Å². The highest BCUT2D eigenvalue weighted by Gasteiger charge is 2.49. The number of rotatable bonds is 12. The summed E-state index contributed by atoms with van der Waals surface area (Å²) in [5, 5.41) is 0. The maximum absolute atomic E-state index is 12.7. The number of aldehydes is 1. The Balaban J connectivity index is 2.57. The van der Waals surface area contributed by atoms with Crippen LogP contribution in [0.3, 0.4) is 0 Å². The summed E-state index contributed by atoms with van der Waals surface area (Å²) in [7, 11) is 4.13. The lowest BCUT2D eigenvalue weighted by molar-refractivity contribution is -0.286. The second-order valence-corrected chi connectivity index (χ2v) is 11.4. The van der Waals surface area contributed by atoms with Crippen LogP contribution in [0.1, 0.15) is 68.2 Å². The smallest absolute Gasteiger partial charge is 0.340 e. The van der Waals surface area contributed by atoms with Crippen molar-refractivity contribution in [3.8, 4) is 0 Å². The Morgan fingerprint density at radius 1 is 1.25 bits per heavy atom. The highest BCUT2D eigenvalue weighted by Crippen LogP contribution is 2.41. The molecule has 2 unspecified atom stereocenters. The van der Waals surface area contributed by atoms with Crippen LogP contribution in [0, 0.1) is 17.8 Å². The molecule has 2 aliphatic heterocycles. The van der Waals surface area contributed by atoms with E-state index in [1.54, 1.807) is 26.8 Å². The minimum absolute atomic E-state index is 0.00426. The molecule has 0 spiro atoms. The predicted molar refractivity (Wildman–Crippen MR) is 138 cm³/mol. The van der Waals surface area contributed by atoms with Gasteiger partial charge < -0.3 is 33.4 Å². The number of carbonyl (C=O) groups is 2. The average Bonchev–Trinajstić information content (AvgIpc) is 2.79. The van der Waals surface area contributed by atoms with Crippen molar-refractivity contribution in [2.45, 2.75) is 104 Å². The number of esters is 1. The van der Waals surface area contributed by atoms with E-state index in [1.165, 1.54) is 0 Å². The number of cyclic esters (lactones) is 1. The molecule has 0 aliphatic carbocycles. The molecule has 0 aromatic carbocycles. The number of carbonyl (C=O) groups excluding carboxylic acids is 2. The highest BCUT2D eigenvalue weighted by atomic mass is 16.7. The van der Waals surface area contributed by atoms with Crippen LogP contribution >= 0.6 is 0 Å². The fourth-order valence-electron chi connectivity index (χ4n) is 5.45. The standard InChI is InChI=1S/C28H47NO7/c1-12-13-32-28(9,15-17(2)16-30)24(20(5)23-21(6)25(31)36-27(7,8)35-23)34-26-19(4)22(29(10)11)14-18(3)33-26/h12,16-20,22,24,26H,1,13-15H2,2-11H3/t17-,18-,19?,20+,22?,24-,26+,28-/m1/s1. The molecule has 0 N–H and O–H groups in total. The molecule has 0 bridgehead atoms. The predicted octanol–water partition coefficient (Wildman–Crippen LogP) is 4.48. The van der Waals surface area contributed by atoms with Gasteiger partial charge >= 0.3 is 5.97 Å². The molecule has 8 heteroatoms. The molecule has 0 amide bonds. The Kier molecular flexibility index (Phi) is 10.3. The SMILES string of the molecule is C=CCO[C@](C)(C[C@@H](C)C=O)[C@H](O[C@@H]1O[C@H](C)CC(N(C)C)C1C)[C@@H](C)C1=C(C)C(=O)OC(C)(C)O1. The quantitative estimate of drug-likeness (QED) is 0.216. The molecule has 8 nitrogen and oxygen atoms in total. The van der Waals surface area contributed by atoms with Crippen molar-refractivity contribution in [3.05, 3.63) is 24.0 Å². The summed E-state index contributed by atoms with van der Waals surface area (Å²) >= 11 is 0. The number of hydrogen-bond acceptors (Lipinski definition) is 8. The van der Waals surface area contributed by atoms with Gasteiger partial charge in [-0.05, 0) is 47.7 Å². The van der Waals surface area contributed by atoms with Gasteiger partial charge in [-0.15, -0.1) is 6.58 Å². The monoisotopic (exact) mass is 509 g/mol. The van der Waals surface area contributed by atoms with Gasteiger partial charge in [-0.3, -0.25) is 0 Å². The fourth-order valence-corrected chi connectivity index (χ4v) is 5.45. The Labute approximate surface area is 217 Å². The first-order chi connectivity index (χ1) is 16.7. The first kappa shape index (κ1) is 30.5. The van der Waals surface area contributed by atoms with Crippen molar-refractivity contribution >= 4 is 12.3 Å². The van der Waals surface area contributed by atoms with Gasteiger partial charge in [0.1, 0.15) is 12.0 Å². The van der Waals surface area contributed by atoms with E-state index in [4.69, 9.17) is 23.7 Å². The van der Waals surface area contributed by atoms with E-state index >= 15 is 0 Å². The molecular formula is C28H47NO7. The summed E-state index contributed by atoms with van der Waals surface area (Å²) in [6.07, 6.45) is 2.79. The van der Waals surface area contributed by atoms with Crippen LogP contribution in [0.25, 0.3) is 0 Å². The second kappa shape index (κ2) is 12.2. The van der Waals surface area contributed by atoms with E-state index in [9.17, 15) is 9.59 Å². The molecule has 0 saturated carbocycles. The molecule has 0 aromatic rings. The van der Waals surface area contributed by atoms with Crippen LogP contribution < -0.4 is 0 Å². The van der Waals surface area contributed by atoms with Crippen molar-refractivity contribution in [1.29, 1.82) is 0 Å². The maximum atomic E-state index is 12.7. The molecule has 36 heavy (non-hydrogen) atoms. The highest BCUT2D eigenvalue weighted by molar-refractivity contribution is 5.89. The summed E-state index contributed by atoms with van der Waals surface area (Å²) in [5.74, 6) is -1.66. The first-order valence-electron chi connectivity index (χ1n) is 13.0. The zero-order chi connectivity index (χ0) is 27.4. The maximum Gasteiger partial charge on any atom is 0.340 e. The lowest BCUT2D eigenvalue weighted by Crippen LogP contribution is -2.56. The molecular weight excluding hydrogens is 462 g/mol. The van der Waals surface area contributed by atoms with Crippen molar-refractivity contribution in [3.63, 3.8) is 0 Å². The van der Waals surface area contributed by atoms with E-state index in [2.05, 4.69) is 39.4 Å². The molecule has 1 fully saturated rings. The molecule has 2 aliphatic rings. The van der Waals surface area contributed by atoms with Crippen molar-refractivity contribution in [2.24, 2.45) is 17.8 Å². The molecule has 1 saturated heterocycles. The largest absolute Gasteiger partial charge is 0.456 e. The van der Waals surface area contributed by atoms with E-state index in [1.807, 2.05) is 20.8 Å². The van der Waals surface area contributed by atoms with Crippen molar-refractivity contribution in [2.75, 3.05) is 20.7 Å². The third-order valence-electron chi connectivity index (χ3n) is 7.25. The minimum atomic E-state index is -1.11. The number of nitrogens with zero attached hydrogens (tertiary/aromatic N) is 1. The summed E-state index contributed by atoms with van der Waals surface area (Å²) in [6.45, 7) is 19.1. The van der Waals surface area contributed by atoms with Crippen LogP contribution in [0.5, 0.6) is 0 Å². The fraction of sp³-hybridized carbons (Fsp3) is 0.786. The Bertz CT molecular complexity index is 823. The van der Waals surface area contributed by atoms with Crippen LogP contribution in [0.2, 0.25) is 0 Å². The van der Waals surface area contributed by atoms with Gasteiger partial charge in [-0.25, -0.2) is 4.79 Å². The Morgan fingerprint density at radius 3 is 2.44 bits per heavy atom. The molecule has 2 rings (SSSR count). The van der Waals surface area contributed by atoms with E-state index in [0.717, 1.165) is 12.7 Å². The van der Waals surface area contributed by atoms with Crippen LogP contribution in [-0.2, 0) is 33.3 Å². The zero-order valence-electron chi connectivity index (χ0n) is 23.8.